The van der Waals surface area contributed by atoms with Crippen molar-refractivity contribution >= 4 is 5.69 Å². The average molecular weight is 321 g/mol. The summed E-state index contributed by atoms with van der Waals surface area (Å²) in [7, 11) is 0. The van der Waals surface area contributed by atoms with Crippen molar-refractivity contribution in [3.8, 4) is 0 Å². The molecule has 122 valence electrons. The number of para-hydroxylation sites is 1. The van der Waals surface area contributed by atoms with Gasteiger partial charge in [0.2, 0.25) is 0 Å². The number of nitrogens with zero attached hydrogens (tertiary/aromatic N) is 1. The number of fused-ring (bicyclic) bond motifs is 1. The van der Waals surface area contributed by atoms with Gasteiger partial charge in [-0.3, -0.25) is 0 Å². The standard InChI is InChI=1S/C18H18F3NO/c19-18(20,21)16-6-3-4-13(9-16)10-22-11-14(12-23)8-15-5-1-2-7-17(15)22/h1-7,9,14,23H,8,10-12H2. The van der Waals surface area contributed by atoms with Crippen LogP contribution in [-0.2, 0) is 19.1 Å². The van der Waals surface area contributed by atoms with Crippen molar-refractivity contribution in [2.24, 2.45) is 5.92 Å². The maximum atomic E-state index is 12.9. The third-order valence-corrected chi connectivity index (χ3v) is 4.21. The average Bonchev–Trinajstić information content (AvgIpc) is 2.54. The molecular formula is C18H18F3NO. The van der Waals surface area contributed by atoms with Crippen LogP contribution < -0.4 is 4.90 Å². The molecule has 0 fully saturated rings. The molecule has 0 spiro atoms. The first-order valence-corrected chi connectivity index (χ1v) is 7.57. The van der Waals surface area contributed by atoms with E-state index in [0.29, 0.717) is 18.7 Å². The molecule has 1 aliphatic rings. The van der Waals surface area contributed by atoms with Gasteiger partial charge in [-0.15, -0.1) is 0 Å². The minimum atomic E-state index is -4.33. The first kappa shape index (κ1) is 15.9. The fourth-order valence-electron chi connectivity index (χ4n) is 3.12. The Morgan fingerprint density at radius 2 is 1.87 bits per heavy atom. The molecule has 1 aliphatic heterocycles. The fraction of sp³-hybridized carbons (Fsp3) is 0.333. The smallest absolute Gasteiger partial charge is 0.396 e. The van der Waals surface area contributed by atoms with Crippen molar-refractivity contribution < 1.29 is 18.3 Å². The van der Waals surface area contributed by atoms with E-state index >= 15 is 0 Å². The Bertz CT molecular complexity index is 684. The number of hydrogen-bond donors (Lipinski definition) is 1. The number of anilines is 1. The number of benzene rings is 2. The molecule has 0 radical (unpaired) electrons. The van der Waals surface area contributed by atoms with Crippen LogP contribution in [0.2, 0.25) is 0 Å². The van der Waals surface area contributed by atoms with E-state index in [9.17, 15) is 18.3 Å². The second-order valence-electron chi connectivity index (χ2n) is 5.96. The minimum absolute atomic E-state index is 0.0768. The molecule has 0 bridgehead atoms. The van der Waals surface area contributed by atoms with Crippen LogP contribution in [0, 0.1) is 5.92 Å². The minimum Gasteiger partial charge on any atom is -0.396 e. The van der Waals surface area contributed by atoms with E-state index in [1.54, 1.807) is 6.07 Å². The van der Waals surface area contributed by atoms with Gasteiger partial charge < -0.3 is 10.0 Å². The number of hydrogen-bond acceptors (Lipinski definition) is 2. The molecular weight excluding hydrogens is 303 g/mol. The molecule has 1 atom stereocenters. The number of alkyl halides is 3. The number of aliphatic hydroxyl groups is 1. The van der Waals surface area contributed by atoms with Gasteiger partial charge in [-0.1, -0.05) is 30.3 Å². The van der Waals surface area contributed by atoms with Gasteiger partial charge in [0, 0.05) is 31.3 Å². The normalized spacial score (nSPS) is 17.9. The zero-order valence-corrected chi connectivity index (χ0v) is 12.6. The Balaban J connectivity index is 1.88. The summed E-state index contributed by atoms with van der Waals surface area (Å²) in [6, 6.07) is 13.3. The van der Waals surface area contributed by atoms with E-state index in [1.807, 2.05) is 24.3 Å². The summed E-state index contributed by atoms with van der Waals surface area (Å²) in [4.78, 5) is 2.05. The Labute approximate surface area is 133 Å². The van der Waals surface area contributed by atoms with Crippen LogP contribution in [0.15, 0.2) is 48.5 Å². The molecule has 2 aromatic rings. The second kappa shape index (κ2) is 6.24. The predicted molar refractivity (Wildman–Crippen MR) is 83.2 cm³/mol. The van der Waals surface area contributed by atoms with Gasteiger partial charge >= 0.3 is 6.18 Å². The summed E-state index contributed by atoms with van der Waals surface area (Å²) in [6.45, 7) is 1.12. The van der Waals surface area contributed by atoms with Crippen molar-refractivity contribution in [3.05, 3.63) is 65.2 Å². The lowest BCUT2D eigenvalue weighted by atomic mass is 9.92. The van der Waals surface area contributed by atoms with Crippen LogP contribution in [0.1, 0.15) is 16.7 Å². The Morgan fingerprint density at radius 1 is 1.09 bits per heavy atom. The van der Waals surface area contributed by atoms with Gasteiger partial charge in [0.05, 0.1) is 5.56 Å². The van der Waals surface area contributed by atoms with Crippen LogP contribution in [0.25, 0.3) is 0 Å². The van der Waals surface area contributed by atoms with Crippen LogP contribution in [-0.4, -0.2) is 18.3 Å². The highest BCUT2D eigenvalue weighted by atomic mass is 19.4. The number of halogens is 3. The molecule has 0 saturated heterocycles. The van der Waals surface area contributed by atoms with Crippen LogP contribution in [0.4, 0.5) is 18.9 Å². The van der Waals surface area contributed by atoms with Crippen LogP contribution >= 0.6 is 0 Å². The van der Waals surface area contributed by atoms with E-state index in [4.69, 9.17) is 0 Å². The van der Waals surface area contributed by atoms with Crippen molar-refractivity contribution in [1.29, 1.82) is 0 Å². The third-order valence-electron chi connectivity index (χ3n) is 4.21. The monoisotopic (exact) mass is 321 g/mol. The molecule has 3 rings (SSSR count). The Hall–Kier alpha value is -2.01. The maximum Gasteiger partial charge on any atom is 0.416 e. The van der Waals surface area contributed by atoms with Gasteiger partial charge in [-0.05, 0) is 35.7 Å². The van der Waals surface area contributed by atoms with E-state index < -0.39 is 11.7 Å². The lowest BCUT2D eigenvalue weighted by molar-refractivity contribution is -0.137. The van der Waals surface area contributed by atoms with Crippen molar-refractivity contribution in [2.75, 3.05) is 18.1 Å². The topological polar surface area (TPSA) is 23.5 Å². The molecule has 1 N–H and O–H groups in total. The lowest BCUT2D eigenvalue weighted by Gasteiger charge is -2.35. The largest absolute Gasteiger partial charge is 0.416 e. The summed E-state index contributed by atoms with van der Waals surface area (Å²) >= 11 is 0. The van der Waals surface area contributed by atoms with Gasteiger partial charge in [0.25, 0.3) is 0 Å². The molecule has 2 aromatic carbocycles. The molecule has 0 saturated carbocycles. The van der Waals surface area contributed by atoms with Crippen molar-refractivity contribution in [2.45, 2.75) is 19.1 Å². The van der Waals surface area contributed by atoms with Crippen LogP contribution in [0.5, 0.6) is 0 Å². The summed E-state index contributed by atoms with van der Waals surface area (Å²) in [5, 5.41) is 9.48. The summed E-state index contributed by atoms with van der Waals surface area (Å²) in [6.07, 6.45) is -3.53. The first-order chi connectivity index (χ1) is 11.0. The molecule has 23 heavy (non-hydrogen) atoms. The van der Waals surface area contributed by atoms with E-state index in [2.05, 4.69) is 4.90 Å². The number of aliphatic hydroxyl groups excluding tert-OH is 1. The lowest BCUT2D eigenvalue weighted by Crippen LogP contribution is -2.36. The summed E-state index contributed by atoms with van der Waals surface area (Å²) < 4.78 is 38.6. The quantitative estimate of drug-likeness (QED) is 0.927. The number of rotatable bonds is 3. The van der Waals surface area contributed by atoms with Gasteiger partial charge in [-0.2, -0.15) is 13.2 Å². The molecule has 0 amide bonds. The van der Waals surface area contributed by atoms with E-state index in [1.165, 1.54) is 12.1 Å². The highest BCUT2D eigenvalue weighted by Crippen LogP contribution is 2.33. The summed E-state index contributed by atoms with van der Waals surface area (Å²) in [5.41, 5.74) is 2.16. The zero-order valence-electron chi connectivity index (χ0n) is 12.6. The molecule has 1 heterocycles. The van der Waals surface area contributed by atoms with E-state index in [0.717, 1.165) is 23.7 Å². The highest BCUT2D eigenvalue weighted by molar-refractivity contribution is 5.56. The molecule has 5 heteroatoms. The molecule has 2 nitrogen and oxygen atoms in total. The Morgan fingerprint density at radius 3 is 2.61 bits per heavy atom. The summed E-state index contributed by atoms with van der Waals surface area (Å²) in [5.74, 6) is 0.107. The van der Waals surface area contributed by atoms with Gasteiger partial charge in [0.15, 0.2) is 0 Å². The molecule has 0 aliphatic carbocycles. The van der Waals surface area contributed by atoms with Gasteiger partial charge in [0.1, 0.15) is 0 Å². The second-order valence-corrected chi connectivity index (χ2v) is 5.96. The Kier molecular flexibility index (Phi) is 4.31. The zero-order chi connectivity index (χ0) is 16.4. The molecule has 0 aromatic heterocycles. The molecule has 1 unspecified atom stereocenters. The van der Waals surface area contributed by atoms with Crippen molar-refractivity contribution in [3.63, 3.8) is 0 Å². The maximum absolute atomic E-state index is 12.9. The fourth-order valence-corrected chi connectivity index (χ4v) is 3.12. The first-order valence-electron chi connectivity index (χ1n) is 7.57. The SMILES string of the molecule is OCC1Cc2ccccc2N(Cc2cccc(C(F)(F)F)c2)C1. The van der Waals surface area contributed by atoms with E-state index in [-0.39, 0.29) is 12.5 Å². The third kappa shape index (κ3) is 3.50. The highest BCUT2D eigenvalue weighted by Gasteiger charge is 2.31. The predicted octanol–water partition coefficient (Wildman–Crippen LogP) is 3.88. The van der Waals surface area contributed by atoms with Crippen LogP contribution in [0.3, 0.4) is 0 Å². The van der Waals surface area contributed by atoms with Gasteiger partial charge in [-0.25, -0.2) is 0 Å². The van der Waals surface area contributed by atoms with Crippen molar-refractivity contribution in [1.82, 2.24) is 0 Å².